The highest BCUT2D eigenvalue weighted by molar-refractivity contribution is 4.88. The average Bonchev–Trinajstić information content (AvgIpc) is 2.90. The molecule has 0 aromatic carbocycles. The lowest BCUT2D eigenvalue weighted by Gasteiger charge is -2.43. The maximum atomic E-state index is 10.9. The van der Waals surface area contributed by atoms with Crippen LogP contribution in [0.25, 0.3) is 0 Å². The second kappa shape index (κ2) is 21.1. The molecule has 0 aromatic rings. The lowest BCUT2D eigenvalue weighted by molar-refractivity contribution is -0.296. The molecule has 1 aliphatic rings. The fraction of sp³-hybridized carbons (Fsp3) is 0.926. The predicted octanol–water partition coefficient (Wildman–Crippen LogP) is 1.31. The van der Waals surface area contributed by atoms with Gasteiger partial charge >= 0.3 is 0 Å². The van der Waals surface area contributed by atoms with Gasteiger partial charge in [-0.3, -0.25) is 0 Å². The van der Waals surface area contributed by atoms with E-state index in [9.17, 15) is 15.3 Å². The first-order valence-corrected chi connectivity index (χ1v) is 13.6. The van der Waals surface area contributed by atoms with Gasteiger partial charge < -0.3 is 53.2 Å². The number of hydrogen-bond acceptors (Lipinski definition) is 11. The van der Waals surface area contributed by atoms with Crippen LogP contribution < -0.4 is 0 Å². The Kier molecular flexibility index (Phi) is 19.6. The smallest absolute Gasteiger partial charge is 0.186 e. The number of aliphatic hydroxyl groups is 3. The van der Waals surface area contributed by atoms with E-state index in [1.807, 2.05) is 20.8 Å². The van der Waals surface area contributed by atoms with E-state index in [1.165, 1.54) is 7.11 Å². The monoisotopic (exact) mass is 552 g/mol. The van der Waals surface area contributed by atoms with Crippen LogP contribution in [0.5, 0.6) is 0 Å². The molecule has 38 heavy (non-hydrogen) atoms. The molecule has 0 aromatic heterocycles. The van der Waals surface area contributed by atoms with Gasteiger partial charge in [0.1, 0.15) is 18.3 Å². The highest BCUT2D eigenvalue weighted by atomic mass is 16.7. The second-order valence-electron chi connectivity index (χ2n) is 9.81. The minimum Gasteiger partial charge on any atom is -0.390 e. The molecule has 3 N–H and O–H groups in total. The molecule has 0 amide bonds. The van der Waals surface area contributed by atoms with Crippen LogP contribution in [-0.2, 0) is 37.9 Å². The molecule has 0 saturated carbocycles. The van der Waals surface area contributed by atoms with Crippen molar-refractivity contribution in [3.05, 3.63) is 12.7 Å². The first-order chi connectivity index (χ1) is 18.2. The van der Waals surface area contributed by atoms with E-state index in [0.717, 1.165) is 12.8 Å². The fourth-order valence-electron chi connectivity index (χ4n) is 3.70. The summed E-state index contributed by atoms with van der Waals surface area (Å²) < 4.78 is 45.0. The van der Waals surface area contributed by atoms with Crippen LogP contribution in [0.1, 0.15) is 40.5 Å². The topological polar surface area (TPSA) is 135 Å². The highest BCUT2D eigenvalue weighted by Gasteiger charge is 2.44. The molecule has 1 rings (SSSR count). The van der Waals surface area contributed by atoms with Gasteiger partial charge in [-0.15, -0.1) is 6.58 Å². The van der Waals surface area contributed by atoms with Crippen LogP contribution in [0.15, 0.2) is 12.7 Å². The van der Waals surface area contributed by atoms with Crippen molar-refractivity contribution in [1.29, 1.82) is 0 Å². The maximum Gasteiger partial charge on any atom is 0.186 e. The Morgan fingerprint density at radius 3 is 2.16 bits per heavy atom. The standard InChI is InChI=1S/C27H52O11/c1-7-9-11-33-15-23(29)17-36-20(4)13-37-26-25(30)21(5)24(38-27(26)31-6)18-34-12-19(3)35-16-22(28)14-32-10-8-2/h8,19-30H,2,7,9-18H2,1,3-6H3/t19?,20?,21?,22?,23?,24?,25-,26?,27-/m1/s1. The first kappa shape index (κ1) is 35.3. The van der Waals surface area contributed by atoms with Gasteiger partial charge in [-0.2, -0.15) is 0 Å². The normalized spacial score (nSPS) is 27.1. The lowest BCUT2D eigenvalue weighted by atomic mass is 9.91. The molecule has 9 atom stereocenters. The number of rotatable bonds is 23. The zero-order chi connectivity index (χ0) is 28.3. The Bertz CT molecular complexity index is 579. The minimum atomic E-state index is -0.841. The first-order valence-electron chi connectivity index (χ1n) is 13.6. The van der Waals surface area contributed by atoms with Crippen molar-refractivity contribution < 1.29 is 53.2 Å². The molecule has 226 valence electrons. The predicted molar refractivity (Wildman–Crippen MR) is 141 cm³/mol. The maximum absolute atomic E-state index is 10.9. The van der Waals surface area contributed by atoms with Crippen molar-refractivity contribution in [3.63, 3.8) is 0 Å². The molecule has 0 spiro atoms. The van der Waals surface area contributed by atoms with Crippen molar-refractivity contribution in [2.24, 2.45) is 5.92 Å². The van der Waals surface area contributed by atoms with Gasteiger partial charge in [0.05, 0.1) is 77.3 Å². The van der Waals surface area contributed by atoms with E-state index in [2.05, 4.69) is 13.5 Å². The highest BCUT2D eigenvalue weighted by Crippen LogP contribution is 2.29. The van der Waals surface area contributed by atoms with Gasteiger partial charge in [0.25, 0.3) is 0 Å². The van der Waals surface area contributed by atoms with Gasteiger partial charge in [0, 0.05) is 19.6 Å². The van der Waals surface area contributed by atoms with E-state index in [4.69, 9.17) is 37.9 Å². The van der Waals surface area contributed by atoms with Crippen molar-refractivity contribution in [2.75, 3.05) is 66.6 Å². The van der Waals surface area contributed by atoms with Crippen molar-refractivity contribution in [2.45, 2.75) is 89.6 Å². The minimum absolute atomic E-state index is 0.133. The largest absolute Gasteiger partial charge is 0.390 e. The molecule has 1 heterocycles. The molecule has 0 radical (unpaired) electrons. The van der Waals surface area contributed by atoms with Gasteiger partial charge in [-0.05, 0) is 20.3 Å². The van der Waals surface area contributed by atoms with Crippen molar-refractivity contribution >= 4 is 0 Å². The summed E-state index contributed by atoms with van der Waals surface area (Å²) in [6, 6.07) is 0. The number of ether oxygens (including phenoxy) is 8. The third-order valence-electron chi connectivity index (χ3n) is 6.07. The number of methoxy groups -OCH3 is 1. The second-order valence-corrected chi connectivity index (χ2v) is 9.81. The molecule has 1 aliphatic heterocycles. The Labute approximate surface area is 228 Å². The summed E-state index contributed by atoms with van der Waals surface area (Å²) >= 11 is 0. The molecule has 0 aliphatic carbocycles. The molecule has 1 saturated heterocycles. The third kappa shape index (κ3) is 14.6. The Balaban J connectivity index is 2.35. The molecule has 0 bridgehead atoms. The van der Waals surface area contributed by atoms with E-state index in [1.54, 1.807) is 6.08 Å². The van der Waals surface area contributed by atoms with Crippen LogP contribution >= 0.6 is 0 Å². The van der Waals surface area contributed by atoms with Crippen LogP contribution in [0.4, 0.5) is 0 Å². The zero-order valence-corrected chi connectivity index (χ0v) is 23.9. The van der Waals surface area contributed by atoms with Crippen LogP contribution in [0.2, 0.25) is 0 Å². The van der Waals surface area contributed by atoms with E-state index in [-0.39, 0.29) is 57.8 Å². The van der Waals surface area contributed by atoms with E-state index < -0.39 is 36.8 Å². The molecule has 1 fully saturated rings. The third-order valence-corrected chi connectivity index (χ3v) is 6.07. The molecule has 11 heteroatoms. The van der Waals surface area contributed by atoms with Gasteiger partial charge in [-0.1, -0.05) is 26.3 Å². The van der Waals surface area contributed by atoms with Gasteiger partial charge in [0.15, 0.2) is 6.29 Å². The molecule has 7 unspecified atom stereocenters. The summed E-state index contributed by atoms with van der Waals surface area (Å²) in [5, 5.41) is 30.8. The fourth-order valence-corrected chi connectivity index (χ4v) is 3.70. The van der Waals surface area contributed by atoms with Crippen LogP contribution in [0.3, 0.4) is 0 Å². The molecular weight excluding hydrogens is 500 g/mol. The van der Waals surface area contributed by atoms with Crippen molar-refractivity contribution in [1.82, 2.24) is 0 Å². The quantitative estimate of drug-likeness (QED) is 0.125. The number of hydrogen-bond donors (Lipinski definition) is 3. The summed E-state index contributed by atoms with van der Waals surface area (Å²) in [6.45, 7) is 13.6. The van der Waals surface area contributed by atoms with Gasteiger partial charge in [-0.25, -0.2) is 0 Å². The van der Waals surface area contributed by atoms with Crippen LogP contribution in [0, 0.1) is 5.92 Å². The summed E-state index contributed by atoms with van der Waals surface area (Å²) in [4.78, 5) is 0. The zero-order valence-electron chi connectivity index (χ0n) is 23.9. The summed E-state index contributed by atoms with van der Waals surface area (Å²) in [5.74, 6) is -0.273. The van der Waals surface area contributed by atoms with Crippen molar-refractivity contribution in [3.8, 4) is 0 Å². The number of aliphatic hydroxyl groups excluding tert-OH is 3. The summed E-state index contributed by atoms with van der Waals surface area (Å²) in [5.41, 5.74) is 0. The Hall–Kier alpha value is -0.700. The number of unbranched alkanes of at least 4 members (excludes halogenated alkanes) is 1. The average molecular weight is 553 g/mol. The summed E-state index contributed by atoms with van der Waals surface area (Å²) in [7, 11) is 1.50. The Morgan fingerprint density at radius 1 is 0.921 bits per heavy atom. The Morgan fingerprint density at radius 2 is 1.55 bits per heavy atom. The van der Waals surface area contributed by atoms with Crippen LogP contribution in [-0.4, -0.2) is 131 Å². The molecule has 11 nitrogen and oxygen atoms in total. The molecular formula is C27H52O11. The summed E-state index contributed by atoms with van der Waals surface area (Å²) in [6.07, 6.45) is -1.10. The lowest BCUT2D eigenvalue weighted by Crippen LogP contribution is -2.56. The van der Waals surface area contributed by atoms with E-state index >= 15 is 0 Å². The SMILES string of the molecule is C=CCOCC(O)COC(C)COCC1O[C@@H](OC)C(OCC(C)OCC(O)COCCCC)[C@H](O)C1C. The van der Waals surface area contributed by atoms with Gasteiger partial charge in [0.2, 0.25) is 0 Å². The van der Waals surface area contributed by atoms with E-state index in [0.29, 0.717) is 19.8 Å².